The standard InChI is InChI=1S/C20H28O3/c1-12(2)13-6-7-15-14(10-13)16(21)11-17-19(15,3)8-5-9-20(17,4)18(22)23/h6-7,10,12,16-17,21H,5,8-9,11H2,1-4H3,(H,22,23)/t16-,17-,19-,20-/m1/s1/i16D. The van der Waals surface area contributed by atoms with Crippen LogP contribution in [0, 0.1) is 11.3 Å². The summed E-state index contributed by atoms with van der Waals surface area (Å²) in [4.78, 5) is 12.0. The quantitative estimate of drug-likeness (QED) is 0.850. The van der Waals surface area contributed by atoms with Crippen LogP contribution in [-0.4, -0.2) is 16.2 Å². The second-order valence-corrected chi connectivity index (χ2v) is 8.16. The Kier molecular flexibility index (Phi) is 3.53. The van der Waals surface area contributed by atoms with Crippen molar-refractivity contribution in [2.24, 2.45) is 11.3 Å². The monoisotopic (exact) mass is 317 g/mol. The Morgan fingerprint density at radius 3 is 2.65 bits per heavy atom. The molecule has 126 valence electrons. The maximum atomic E-state index is 12.0. The lowest BCUT2D eigenvalue weighted by atomic mass is 9.49. The minimum atomic E-state index is -1.72. The number of carbonyl (C=O) groups is 1. The largest absolute Gasteiger partial charge is 0.481 e. The van der Waals surface area contributed by atoms with Crippen molar-refractivity contribution >= 4 is 5.97 Å². The third-order valence-corrected chi connectivity index (χ3v) is 6.45. The van der Waals surface area contributed by atoms with Crippen LogP contribution in [0.25, 0.3) is 0 Å². The number of hydrogen-bond acceptors (Lipinski definition) is 2. The number of aliphatic hydroxyl groups is 1. The van der Waals surface area contributed by atoms with Crippen molar-refractivity contribution in [3.8, 4) is 0 Å². The van der Waals surface area contributed by atoms with Crippen LogP contribution in [0.5, 0.6) is 0 Å². The van der Waals surface area contributed by atoms with E-state index in [1.807, 2.05) is 12.1 Å². The molecule has 3 nitrogen and oxygen atoms in total. The van der Waals surface area contributed by atoms with Gasteiger partial charge in [0.25, 0.3) is 0 Å². The minimum Gasteiger partial charge on any atom is -0.481 e. The van der Waals surface area contributed by atoms with Gasteiger partial charge in [0.1, 0.15) is 0 Å². The number of carboxylic acid groups (broad SMARTS) is 1. The molecule has 2 N–H and O–H groups in total. The molecular formula is C20H28O3. The van der Waals surface area contributed by atoms with Gasteiger partial charge in [-0.15, -0.1) is 0 Å². The first kappa shape index (κ1) is 15.2. The van der Waals surface area contributed by atoms with Gasteiger partial charge < -0.3 is 10.2 Å². The summed E-state index contributed by atoms with van der Waals surface area (Å²) in [6.07, 6.45) is 0.833. The Morgan fingerprint density at radius 1 is 1.35 bits per heavy atom. The van der Waals surface area contributed by atoms with Crippen molar-refractivity contribution in [1.29, 1.82) is 0 Å². The lowest BCUT2D eigenvalue weighted by molar-refractivity contribution is -0.159. The van der Waals surface area contributed by atoms with E-state index in [-0.39, 0.29) is 17.8 Å². The highest BCUT2D eigenvalue weighted by Crippen LogP contribution is 2.59. The van der Waals surface area contributed by atoms with Gasteiger partial charge in [-0.2, -0.15) is 0 Å². The van der Waals surface area contributed by atoms with E-state index in [4.69, 9.17) is 1.37 Å². The molecule has 2 aliphatic carbocycles. The summed E-state index contributed by atoms with van der Waals surface area (Å²) in [6.45, 7) is 8.11. The molecule has 0 bridgehead atoms. The van der Waals surface area contributed by atoms with E-state index in [0.29, 0.717) is 17.9 Å². The van der Waals surface area contributed by atoms with E-state index < -0.39 is 17.5 Å². The van der Waals surface area contributed by atoms with Crippen molar-refractivity contribution in [3.05, 3.63) is 34.9 Å². The summed E-state index contributed by atoms with van der Waals surface area (Å²) in [7, 11) is 0. The van der Waals surface area contributed by atoms with Crippen molar-refractivity contribution in [1.82, 2.24) is 0 Å². The lowest BCUT2D eigenvalue weighted by Crippen LogP contribution is -2.53. The Morgan fingerprint density at radius 2 is 2.04 bits per heavy atom. The first-order valence-electron chi connectivity index (χ1n) is 9.13. The van der Waals surface area contributed by atoms with Gasteiger partial charge in [-0.05, 0) is 60.1 Å². The number of fused-ring (bicyclic) bond motifs is 3. The van der Waals surface area contributed by atoms with E-state index in [2.05, 4.69) is 26.8 Å². The van der Waals surface area contributed by atoms with E-state index in [0.717, 1.165) is 24.0 Å². The highest BCUT2D eigenvalue weighted by atomic mass is 16.4. The third kappa shape index (κ3) is 2.32. The number of carboxylic acids is 1. The van der Waals surface area contributed by atoms with Crippen LogP contribution >= 0.6 is 0 Å². The van der Waals surface area contributed by atoms with Gasteiger partial charge in [-0.3, -0.25) is 4.79 Å². The fraction of sp³-hybridized carbons (Fsp3) is 0.650. The molecule has 23 heavy (non-hydrogen) atoms. The van der Waals surface area contributed by atoms with E-state index >= 15 is 0 Å². The van der Waals surface area contributed by atoms with Crippen LogP contribution in [0.2, 0.25) is 0 Å². The van der Waals surface area contributed by atoms with Crippen LogP contribution in [0.15, 0.2) is 18.2 Å². The molecule has 1 fully saturated rings. The van der Waals surface area contributed by atoms with Gasteiger partial charge in [-0.25, -0.2) is 0 Å². The molecule has 0 amide bonds. The Labute approximate surface area is 140 Å². The van der Waals surface area contributed by atoms with E-state index in [1.165, 1.54) is 0 Å². The Balaban J connectivity index is 2.21. The van der Waals surface area contributed by atoms with Gasteiger partial charge in [0, 0.05) is 0 Å². The zero-order valence-corrected chi connectivity index (χ0v) is 14.5. The second kappa shape index (κ2) is 5.34. The molecule has 1 aromatic carbocycles. The average Bonchev–Trinajstić information content (AvgIpc) is 2.49. The number of hydrogen-bond donors (Lipinski definition) is 2. The topological polar surface area (TPSA) is 57.5 Å². The molecule has 1 aromatic rings. The van der Waals surface area contributed by atoms with Crippen LogP contribution in [0.1, 0.15) is 83.4 Å². The van der Waals surface area contributed by atoms with Crippen molar-refractivity contribution in [3.63, 3.8) is 0 Å². The Bertz CT molecular complexity index is 681. The molecule has 1 saturated carbocycles. The normalized spacial score (nSPS) is 40.3. The van der Waals surface area contributed by atoms with Gasteiger partial charge in [0.05, 0.1) is 12.9 Å². The number of benzene rings is 1. The molecule has 0 spiro atoms. The fourth-order valence-corrected chi connectivity index (χ4v) is 4.86. The average molecular weight is 317 g/mol. The summed E-state index contributed by atoms with van der Waals surface area (Å²) in [5.41, 5.74) is 1.55. The SMILES string of the molecule is [2H][C@@]1(O)C[C@H]2[C@](C)(C(=O)O)CCC[C@]2(C)c2ccc(C(C)C)cc21. The van der Waals surface area contributed by atoms with E-state index in [1.54, 1.807) is 6.92 Å². The Hall–Kier alpha value is -1.35. The smallest absolute Gasteiger partial charge is 0.309 e. The van der Waals surface area contributed by atoms with Crippen LogP contribution in [0.3, 0.4) is 0 Å². The zero-order valence-electron chi connectivity index (χ0n) is 15.5. The second-order valence-electron chi connectivity index (χ2n) is 8.16. The minimum absolute atomic E-state index is 0.181. The number of rotatable bonds is 2. The zero-order chi connectivity index (χ0) is 17.9. The van der Waals surface area contributed by atoms with Crippen LogP contribution in [0.4, 0.5) is 0 Å². The molecule has 3 heteroatoms. The van der Waals surface area contributed by atoms with Crippen LogP contribution < -0.4 is 0 Å². The lowest BCUT2D eigenvalue weighted by Gasteiger charge is -2.54. The van der Waals surface area contributed by atoms with Gasteiger partial charge in [0.2, 0.25) is 0 Å². The molecule has 0 saturated heterocycles. The maximum Gasteiger partial charge on any atom is 0.309 e. The molecule has 0 unspecified atom stereocenters. The summed E-state index contributed by atoms with van der Waals surface area (Å²) in [5, 5.41) is 20.7. The predicted molar refractivity (Wildman–Crippen MR) is 90.5 cm³/mol. The van der Waals surface area contributed by atoms with Gasteiger partial charge >= 0.3 is 5.97 Å². The van der Waals surface area contributed by atoms with Crippen LogP contribution in [-0.2, 0) is 10.2 Å². The highest BCUT2D eigenvalue weighted by molar-refractivity contribution is 5.75. The summed E-state index contributed by atoms with van der Waals surface area (Å²) in [6, 6.07) is 6.06. The maximum absolute atomic E-state index is 12.0. The fourth-order valence-electron chi connectivity index (χ4n) is 4.86. The third-order valence-electron chi connectivity index (χ3n) is 6.45. The molecule has 3 rings (SSSR count). The molecule has 0 radical (unpaired) electrons. The molecule has 0 heterocycles. The highest BCUT2D eigenvalue weighted by Gasteiger charge is 2.56. The molecule has 2 aliphatic rings. The van der Waals surface area contributed by atoms with Gasteiger partial charge in [-0.1, -0.05) is 45.4 Å². The summed E-state index contributed by atoms with van der Waals surface area (Å²) in [5.74, 6) is -0.722. The predicted octanol–water partition coefficient (Wildman–Crippen LogP) is 4.40. The van der Waals surface area contributed by atoms with Crippen molar-refractivity contribution < 1.29 is 16.4 Å². The number of aliphatic carboxylic acids is 1. The summed E-state index contributed by atoms with van der Waals surface area (Å²) >= 11 is 0. The first-order chi connectivity index (χ1) is 11.0. The molecule has 0 aromatic heterocycles. The summed E-state index contributed by atoms with van der Waals surface area (Å²) < 4.78 is 8.54. The molecule has 4 atom stereocenters. The van der Waals surface area contributed by atoms with Crippen molar-refractivity contribution in [2.45, 2.75) is 70.8 Å². The van der Waals surface area contributed by atoms with Gasteiger partial charge in [0.15, 0.2) is 0 Å². The van der Waals surface area contributed by atoms with Crippen molar-refractivity contribution in [2.75, 3.05) is 0 Å². The van der Waals surface area contributed by atoms with E-state index in [9.17, 15) is 15.0 Å². The first-order valence-corrected chi connectivity index (χ1v) is 8.63. The molecule has 0 aliphatic heterocycles. The molecular weight excluding hydrogens is 288 g/mol.